The topological polar surface area (TPSA) is 97.0 Å². The third-order valence-electron chi connectivity index (χ3n) is 5.78. The molecule has 0 aliphatic carbocycles. The van der Waals surface area contributed by atoms with Gasteiger partial charge in [-0.15, -0.1) is 0 Å². The van der Waals surface area contributed by atoms with E-state index in [2.05, 4.69) is 10.6 Å². The number of anilines is 1. The number of morpholine rings is 1. The molecule has 9 heteroatoms. The molecule has 0 aromatic heterocycles. The van der Waals surface area contributed by atoms with Gasteiger partial charge in [-0.1, -0.05) is 48.5 Å². The molecule has 35 heavy (non-hydrogen) atoms. The number of benzene rings is 3. The Labute approximate surface area is 205 Å². The van der Waals surface area contributed by atoms with Crippen molar-refractivity contribution >= 4 is 21.6 Å². The predicted molar refractivity (Wildman–Crippen MR) is 134 cm³/mol. The minimum Gasteiger partial charge on any atom is -0.497 e. The van der Waals surface area contributed by atoms with E-state index in [1.54, 1.807) is 31.4 Å². The van der Waals surface area contributed by atoms with Gasteiger partial charge in [0.25, 0.3) is 0 Å². The average Bonchev–Trinajstić information content (AvgIpc) is 2.92. The van der Waals surface area contributed by atoms with Crippen LogP contribution in [0.5, 0.6) is 5.75 Å². The molecule has 3 aromatic carbocycles. The zero-order valence-electron chi connectivity index (χ0n) is 19.5. The van der Waals surface area contributed by atoms with Crippen LogP contribution in [0.25, 0.3) is 0 Å². The Morgan fingerprint density at radius 2 is 1.66 bits per heavy atom. The maximum Gasteiger partial charge on any atom is 0.243 e. The van der Waals surface area contributed by atoms with Gasteiger partial charge in [0, 0.05) is 18.8 Å². The maximum absolute atomic E-state index is 12.9. The summed E-state index contributed by atoms with van der Waals surface area (Å²) in [6.45, 7) is 1.41. The highest BCUT2D eigenvalue weighted by molar-refractivity contribution is 7.89. The van der Waals surface area contributed by atoms with Crippen LogP contribution < -0.4 is 15.4 Å². The number of nitrogens with zero attached hydrogens (tertiary/aromatic N) is 1. The fourth-order valence-corrected chi connectivity index (χ4v) is 5.35. The molecule has 1 aliphatic heterocycles. The first-order chi connectivity index (χ1) is 17.0. The van der Waals surface area contributed by atoms with Crippen molar-refractivity contribution in [1.82, 2.24) is 9.62 Å². The molecule has 1 aliphatic rings. The first-order valence-electron chi connectivity index (χ1n) is 11.4. The van der Waals surface area contributed by atoms with Crippen LogP contribution in [-0.2, 0) is 19.6 Å². The quantitative estimate of drug-likeness (QED) is 0.474. The molecule has 0 bridgehead atoms. The Balaban J connectivity index is 1.44. The summed E-state index contributed by atoms with van der Waals surface area (Å²) in [5.41, 5.74) is 2.42. The van der Waals surface area contributed by atoms with Crippen molar-refractivity contribution in [2.24, 2.45) is 0 Å². The van der Waals surface area contributed by atoms with Gasteiger partial charge in [0.2, 0.25) is 15.9 Å². The second kappa shape index (κ2) is 11.4. The molecule has 0 unspecified atom stereocenters. The Bertz CT molecular complexity index is 1230. The molecule has 184 valence electrons. The minimum atomic E-state index is -3.62. The highest BCUT2D eigenvalue weighted by atomic mass is 32.2. The summed E-state index contributed by atoms with van der Waals surface area (Å²) in [5, 5.41) is 6.12. The zero-order chi connectivity index (χ0) is 24.7. The van der Waals surface area contributed by atoms with Gasteiger partial charge < -0.3 is 20.1 Å². The normalized spacial score (nSPS) is 15.2. The van der Waals surface area contributed by atoms with Gasteiger partial charge in [-0.2, -0.15) is 4.31 Å². The van der Waals surface area contributed by atoms with Crippen LogP contribution >= 0.6 is 0 Å². The van der Waals surface area contributed by atoms with Crippen molar-refractivity contribution in [1.29, 1.82) is 0 Å². The summed E-state index contributed by atoms with van der Waals surface area (Å²) in [4.78, 5) is 13.1. The summed E-state index contributed by atoms with van der Waals surface area (Å²) in [7, 11) is -2.01. The highest BCUT2D eigenvalue weighted by Gasteiger charge is 2.26. The molecule has 1 fully saturated rings. The lowest BCUT2D eigenvalue weighted by atomic mass is 9.98. The SMILES string of the molecule is COc1ccc([C@@H](NC(=O)CNc2cccc(S(=O)(=O)N3CCOCC3)c2)c2ccccc2)cc1. The van der Waals surface area contributed by atoms with Gasteiger partial charge in [-0.05, 0) is 41.5 Å². The summed E-state index contributed by atoms with van der Waals surface area (Å²) in [5.74, 6) is 0.511. The molecular formula is C26H29N3O5S. The van der Waals surface area contributed by atoms with Crippen LogP contribution in [0.2, 0.25) is 0 Å². The average molecular weight is 496 g/mol. The van der Waals surface area contributed by atoms with E-state index in [0.29, 0.717) is 32.0 Å². The summed E-state index contributed by atoms with van der Waals surface area (Å²) >= 11 is 0. The van der Waals surface area contributed by atoms with Crippen LogP contribution in [0.4, 0.5) is 5.69 Å². The lowest BCUT2D eigenvalue weighted by Gasteiger charge is -2.26. The van der Waals surface area contributed by atoms with Gasteiger partial charge in [-0.3, -0.25) is 4.79 Å². The van der Waals surface area contributed by atoms with Crippen molar-refractivity contribution in [2.75, 3.05) is 45.3 Å². The van der Waals surface area contributed by atoms with Crippen LogP contribution in [-0.4, -0.2) is 58.6 Å². The van der Waals surface area contributed by atoms with Crippen LogP contribution in [0, 0.1) is 0 Å². The van der Waals surface area contributed by atoms with Crippen LogP contribution in [0.1, 0.15) is 17.2 Å². The Kier molecular flexibility index (Phi) is 8.02. The number of carbonyl (C=O) groups excluding carboxylic acids is 1. The largest absolute Gasteiger partial charge is 0.497 e. The third-order valence-corrected chi connectivity index (χ3v) is 7.68. The fraction of sp³-hybridized carbons (Fsp3) is 0.269. The molecule has 1 amide bonds. The third kappa shape index (κ3) is 6.19. The van der Waals surface area contributed by atoms with E-state index in [-0.39, 0.29) is 23.4 Å². The minimum absolute atomic E-state index is 0.0133. The van der Waals surface area contributed by atoms with Crippen molar-refractivity contribution in [3.05, 3.63) is 90.0 Å². The summed E-state index contributed by atoms with van der Waals surface area (Å²) < 4.78 is 37.8. The summed E-state index contributed by atoms with van der Waals surface area (Å²) in [6, 6.07) is 23.4. The number of rotatable bonds is 9. The Morgan fingerprint density at radius 1 is 0.971 bits per heavy atom. The number of amides is 1. The van der Waals surface area contributed by atoms with E-state index in [4.69, 9.17) is 9.47 Å². The van der Waals surface area contributed by atoms with E-state index in [1.807, 2.05) is 54.6 Å². The van der Waals surface area contributed by atoms with Crippen molar-refractivity contribution in [3.63, 3.8) is 0 Å². The van der Waals surface area contributed by atoms with Crippen molar-refractivity contribution in [3.8, 4) is 5.75 Å². The van der Waals surface area contributed by atoms with Crippen LogP contribution in [0.15, 0.2) is 83.8 Å². The zero-order valence-corrected chi connectivity index (χ0v) is 20.3. The lowest BCUT2D eigenvalue weighted by Crippen LogP contribution is -2.40. The Hall–Kier alpha value is -3.40. The number of carbonyl (C=O) groups is 1. The van der Waals surface area contributed by atoms with Crippen LogP contribution in [0.3, 0.4) is 0 Å². The Morgan fingerprint density at radius 3 is 2.34 bits per heavy atom. The molecule has 1 atom stereocenters. The maximum atomic E-state index is 12.9. The molecule has 0 saturated carbocycles. The van der Waals surface area contributed by atoms with Gasteiger partial charge in [0.05, 0.1) is 37.8 Å². The molecule has 3 aromatic rings. The molecular weight excluding hydrogens is 466 g/mol. The van der Waals surface area contributed by atoms with E-state index in [1.165, 1.54) is 4.31 Å². The number of hydrogen-bond donors (Lipinski definition) is 2. The van der Waals surface area contributed by atoms with Gasteiger partial charge >= 0.3 is 0 Å². The molecule has 8 nitrogen and oxygen atoms in total. The molecule has 2 N–H and O–H groups in total. The fourth-order valence-electron chi connectivity index (χ4n) is 3.90. The number of sulfonamides is 1. The molecule has 0 radical (unpaired) electrons. The molecule has 0 spiro atoms. The number of nitrogens with one attached hydrogen (secondary N) is 2. The monoisotopic (exact) mass is 495 g/mol. The molecule has 1 heterocycles. The second-order valence-corrected chi connectivity index (χ2v) is 10.0. The van der Waals surface area contributed by atoms with Gasteiger partial charge in [-0.25, -0.2) is 8.42 Å². The predicted octanol–water partition coefficient (Wildman–Crippen LogP) is 3.03. The van der Waals surface area contributed by atoms with E-state index in [9.17, 15) is 13.2 Å². The van der Waals surface area contributed by atoms with E-state index in [0.717, 1.165) is 16.9 Å². The first kappa shape index (κ1) is 24.7. The first-order valence-corrected chi connectivity index (χ1v) is 12.8. The molecule has 1 saturated heterocycles. The lowest BCUT2D eigenvalue weighted by molar-refractivity contribution is -0.119. The van der Waals surface area contributed by atoms with E-state index < -0.39 is 10.0 Å². The smallest absolute Gasteiger partial charge is 0.243 e. The van der Waals surface area contributed by atoms with Gasteiger partial charge in [0.1, 0.15) is 5.75 Å². The second-order valence-electron chi connectivity index (χ2n) is 8.08. The number of ether oxygens (including phenoxy) is 2. The highest BCUT2D eigenvalue weighted by Crippen LogP contribution is 2.24. The van der Waals surface area contributed by atoms with Crippen molar-refractivity contribution in [2.45, 2.75) is 10.9 Å². The van der Waals surface area contributed by atoms with E-state index >= 15 is 0 Å². The standard InChI is InChI=1S/C26H29N3O5S/c1-33-23-12-10-21(11-13-23)26(20-6-3-2-4-7-20)28-25(30)19-27-22-8-5-9-24(18-22)35(31,32)29-14-16-34-17-15-29/h2-13,18,26-27H,14-17,19H2,1H3,(H,28,30)/t26-/m0/s1. The summed E-state index contributed by atoms with van der Waals surface area (Å²) in [6.07, 6.45) is 0. The molecule has 4 rings (SSSR count). The van der Waals surface area contributed by atoms with Gasteiger partial charge in [0.15, 0.2) is 0 Å². The van der Waals surface area contributed by atoms with Crippen molar-refractivity contribution < 1.29 is 22.7 Å². The number of methoxy groups -OCH3 is 1. The number of hydrogen-bond acceptors (Lipinski definition) is 6.